The van der Waals surface area contributed by atoms with Gasteiger partial charge in [0.25, 0.3) is 0 Å². The van der Waals surface area contributed by atoms with Gasteiger partial charge in [0.1, 0.15) is 12.2 Å². The zero-order chi connectivity index (χ0) is 23.8. The normalized spacial score (nSPS) is 13.6. The highest BCUT2D eigenvalue weighted by atomic mass is 16.6. The summed E-state index contributed by atoms with van der Waals surface area (Å²) in [6.45, 7) is 10.5. The minimum absolute atomic E-state index is 0.261. The lowest BCUT2D eigenvalue weighted by Gasteiger charge is -2.32. The Labute approximate surface area is 203 Å². The fourth-order valence-corrected chi connectivity index (χ4v) is 3.62. The Morgan fingerprint density at radius 3 is 1.59 bits per heavy atom. The molecule has 0 amide bonds. The Balaban J connectivity index is 1.77. The summed E-state index contributed by atoms with van der Waals surface area (Å²) in [7, 11) is 0. The van der Waals surface area contributed by atoms with Crippen LogP contribution in [0.2, 0.25) is 0 Å². The van der Waals surface area contributed by atoms with Crippen LogP contribution in [0.3, 0.4) is 0 Å². The van der Waals surface area contributed by atoms with Crippen molar-refractivity contribution in [2.45, 2.75) is 38.1 Å². The summed E-state index contributed by atoms with van der Waals surface area (Å²) in [5, 5.41) is 3.39. The van der Waals surface area contributed by atoms with Crippen LogP contribution in [0.15, 0.2) is 116 Å². The van der Waals surface area contributed by atoms with Gasteiger partial charge in [-0.15, -0.1) is 13.2 Å². The third kappa shape index (κ3) is 8.73. The quantitative estimate of drug-likeness (QED) is 0.221. The first-order valence-electron chi connectivity index (χ1n) is 11.7. The molecule has 0 aromatic heterocycles. The van der Waals surface area contributed by atoms with E-state index in [2.05, 4.69) is 54.9 Å². The SMILES string of the molecule is C=CCNC[C@H](OCc1ccccc1)[C@@H](OCc1ccccc1)[C@@H](C=C)OCc1ccccc1. The molecule has 0 bridgehead atoms. The minimum Gasteiger partial charge on any atom is -0.369 e. The molecule has 0 fully saturated rings. The Bertz CT molecular complexity index is 947. The van der Waals surface area contributed by atoms with Crippen LogP contribution in [0.5, 0.6) is 0 Å². The lowest BCUT2D eigenvalue weighted by atomic mass is 10.1. The summed E-state index contributed by atoms with van der Waals surface area (Å²) in [5.74, 6) is 0. The van der Waals surface area contributed by atoms with Gasteiger partial charge in [0.15, 0.2) is 0 Å². The molecule has 0 saturated heterocycles. The second-order valence-corrected chi connectivity index (χ2v) is 8.04. The van der Waals surface area contributed by atoms with Crippen LogP contribution >= 0.6 is 0 Å². The van der Waals surface area contributed by atoms with E-state index in [1.807, 2.05) is 66.7 Å². The maximum atomic E-state index is 6.46. The zero-order valence-corrected chi connectivity index (χ0v) is 19.7. The summed E-state index contributed by atoms with van der Waals surface area (Å²) in [4.78, 5) is 0. The standard InChI is InChI=1S/C30H35NO3/c1-3-20-31-21-29(33-23-26-16-10-6-11-17-26)30(34-24-27-18-12-7-13-19-27)28(4-2)32-22-25-14-8-5-9-15-25/h3-19,28-31H,1-2,20-24H2/t28-,29+,30+/m1/s1. The molecular weight excluding hydrogens is 422 g/mol. The molecule has 3 aromatic carbocycles. The summed E-state index contributed by atoms with van der Waals surface area (Å²) in [6.07, 6.45) is 2.68. The summed E-state index contributed by atoms with van der Waals surface area (Å²) in [6, 6.07) is 30.4. The Morgan fingerprint density at radius 2 is 1.12 bits per heavy atom. The first kappa shape index (κ1) is 25.6. The number of rotatable bonds is 16. The molecule has 3 rings (SSSR count). The van der Waals surface area contributed by atoms with E-state index in [4.69, 9.17) is 14.2 Å². The molecule has 3 aromatic rings. The van der Waals surface area contributed by atoms with Gasteiger partial charge in [0, 0.05) is 13.1 Å². The third-order valence-corrected chi connectivity index (χ3v) is 5.43. The second kappa shape index (κ2) is 15.0. The van der Waals surface area contributed by atoms with Crippen LogP contribution in [-0.4, -0.2) is 31.4 Å². The highest BCUT2D eigenvalue weighted by molar-refractivity contribution is 5.15. The second-order valence-electron chi connectivity index (χ2n) is 8.04. The molecule has 0 aliphatic heterocycles. The van der Waals surface area contributed by atoms with E-state index in [9.17, 15) is 0 Å². The van der Waals surface area contributed by atoms with Gasteiger partial charge in [0.2, 0.25) is 0 Å². The van der Waals surface area contributed by atoms with Crippen LogP contribution in [0.4, 0.5) is 0 Å². The maximum Gasteiger partial charge on any atom is 0.115 e. The van der Waals surface area contributed by atoms with Crippen molar-refractivity contribution >= 4 is 0 Å². The van der Waals surface area contributed by atoms with Crippen molar-refractivity contribution in [2.24, 2.45) is 0 Å². The largest absolute Gasteiger partial charge is 0.369 e. The van der Waals surface area contributed by atoms with Crippen LogP contribution in [0, 0.1) is 0 Å². The molecule has 0 aliphatic rings. The van der Waals surface area contributed by atoms with E-state index < -0.39 is 0 Å². The summed E-state index contributed by atoms with van der Waals surface area (Å²) >= 11 is 0. The highest BCUT2D eigenvalue weighted by Gasteiger charge is 2.30. The van der Waals surface area contributed by atoms with E-state index in [0.717, 1.165) is 16.7 Å². The van der Waals surface area contributed by atoms with Crippen LogP contribution in [-0.2, 0) is 34.0 Å². The number of hydrogen-bond acceptors (Lipinski definition) is 4. The van der Waals surface area contributed by atoms with Gasteiger partial charge in [0.05, 0.1) is 25.9 Å². The molecule has 0 radical (unpaired) electrons. The van der Waals surface area contributed by atoms with Gasteiger partial charge in [-0.1, -0.05) is 103 Å². The van der Waals surface area contributed by atoms with Gasteiger partial charge in [-0.05, 0) is 16.7 Å². The van der Waals surface area contributed by atoms with E-state index in [0.29, 0.717) is 32.9 Å². The third-order valence-electron chi connectivity index (χ3n) is 5.43. The van der Waals surface area contributed by atoms with Gasteiger partial charge in [-0.25, -0.2) is 0 Å². The molecule has 3 atom stereocenters. The average Bonchev–Trinajstić information content (AvgIpc) is 2.90. The van der Waals surface area contributed by atoms with Gasteiger partial charge in [-0.2, -0.15) is 0 Å². The highest BCUT2D eigenvalue weighted by Crippen LogP contribution is 2.19. The molecule has 0 saturated carbocycles. The number of hydrogen-bond donors (Lipinski definition) is 1. The van der Waals surface area contributed by atoms with Crippen molar-refractivity contribution in [3.8, 4) is 0 Å². The van der Waals surface area contributed by atoms with Gasteiger partial charge in [-0.3, -0.25) is 0 Å². The first-order valence-corrected chi connectivity index (χ1v) is 11.7. The zero-order valence-electron chi connectivity index (χ0n) is 19.7. The van der Waals surface area contributed by atoms with E-state index in [1.54, 1.807) is 0 Å². The fraction of sp³-hybridized carbons (Fsp3) is 0.267. The Kier molecular flexibility index (Phi) is 11.3. The molecule has 0 heterocycles. The summed E-state index contributed by atoms with van der Waals surface area (Å²) in [5.41, 5.74) is 3.31. The maximum absolute atomic E-state index is 6.46. The minimum atomic E-state index is -0.359. The fourth-order valence-electron chi connectivity index (χ4n) is 3.62. The Hall–Kier alpha value is -3.02. The van der Waals surface area contributed by atoms with E-state index >= 15 is 0 Å². The van der Waals surface area contributed by atoms with E-state index in [-0.39, 0.29) is 18.3 Å². The summed E-state index contributed by atoms with van der Waals surface area (Å²) < 4.78 is 19.2. The van der Waals surface area contributed by atoms with Gasteiger partial charge >= 0.3 is 0 Å². The molecule has 178 valence electrons. The Morgan fingerprint density at radius 1 is 0.647 bits per heavy atom. The molecular formula is C30H35NO3. The lowest BCUT2D eigenvalue weighted by molar-refractivity contribution is -0.136. The van der Waals surface area contributed by atoms with Gasteiger partial charge < -0.3 is 19.5 Å². The van der Waals surface area contributed by atoms with Crippen molar-refractivity contribution in [3.63, 3.8) is 0 Å². The van der Waals surface area contributed by atoms with Crippen molar-refractivity contribution in [1.29, 1.82) is 0 Å². The number of nitrogens with one attached hydrogen (secondary N) is 1. The van der Waals surface area contributed by atoms with Crippen molar-refractivity contribution < 1.29 is 14.2 Å². The topological polar surface area (TPSA) is 39.7 Å². The molecule has 4 nitrogen and oxygen atoms in total. The van der Waals surface area contributed by atoms with Crippen LogP contribution in [0.1, 0.15) is 16.7 Å². The molecule has 1 N–H and O–H groups in total. The van der Waals surface area contributed by atoms with Crippen LogP contribution < -0.4 is 5.32 Å². The van der Waals surface area contributed by atoms with E-state index in [1.165, 1.54) is 0 Å². The predicted molar refractivity (Wildman–Crippen MR) is 138 cm³/mol. The number of ether oxygens (including phenoxy) is 3. The first-order chi connectivity index (χ1) is 16.8. The van der Waals surface area contributed by atoms with Crippen molar-refractivity contribution in [3.05, 3.63) is 133 Å². The smallest absolute Gasteiger partial charge is 0.115 e. The predicted octanol–water partition coefficient (Wildman–Crippen LogP) is 5.70. The molecule has 0 spiro atoms. The van der Waals surface area contributed by atoms with Crippen molar-refractivity contribution in [1.82, 2.24) is 5.32 Å². The lowest BCUT2D eigenvalue weighted by Crippen LogP contribution is -2.46. The molecule has 0 aliphatic carbocycles. The molecule has 34 heavy (non-hydrogen) atoms. The monoisotopic (exact) mass is 457 g/mol. The molecule has 4 heteroatoms. The molecule has 0 unspecified atom stereocenters. The number of benzene rings is 3. The van der Waals surface area contributed by atoms with Crippen LogP contribution in [0.25, 0.3) is 0 Å². The average molecular weight is 458 g/mol. The van der Waals surface area contributed by atoms with Crippen molar-refractivity contribution in [2.75, 3.05) is 13.1 Å².